The highest BCUT2D eigenvalue weighted by molar-refractivity contribution is 7.15. The second kappa shape index (κ2) is 6.59. The molecule has 1 N–H and O–H groups in total. The third-order valence-corrected chi connectivity index (χ3v) is 3.76. The van der Waals surface area contributed by atoms with Gasteiger partial charge in [0.1, 0.15) is 10.0 Å². The van der Waals surface area contributed by atoms with E-state index < -0.39 is 10.8 Å². The van der Waals surface area contributed by atoms with Crippen molar-refractivity contribution in [3.05, 3.63) is 43.9 Å². The van der Waals surface area contributed by atoms with Crippen LogP contribution < -0.4 is 5.32 Å². The number of amides is 1. The van der Waals surface area contributed by atoms with E-state index in [0.29, 0.717) is 5.13 Å². The van der Waals surface area contributed by atoms with Gasteiger partial charge < -0.3 is 0 Å². The summed E-state index contributed by atoms with van der Waals surface area (Å²) in [7, 11) is 0. The average Bonchev–Trinajstić information content (AvgIpc) is 2.86. The van der Waals surface area contributed by atoms with Crippen molar-refractivity contribution in [3.63, 3.8) is 0 Å². The van der Waals surface area contributed by atoms with Gasteiger partial charge in [-0.3, -0.25) is 20.2 Å². The van der Waals surface area contributed by atoms with Crippen LogP contribution in [0.15, 0.2) is 18.2 Å². The van der Waals surface area contributed by atoms with Gasteiger partial charge >= 0.3 is 0 Å². The highest BCUT2D eigenvalue weighted by Crippen LogP contribution is 2.25. The molecule has 7 nitrogen and oxygen atoms in total. The molecule has 21 heavy (non-hydrogen) atoms. The largest absolute Gasteiger partial charge is 0.296 e. The van der Waals surface area contributed by atoms with Crippen molar-refractivity contribution >= 4 is 39.7 Å². The van der Waals surface area contributed by atoms with Crippen molar-refractivity contribution < 1.29 is 9.72 Å². The maximum atomic E-state index is 12.0. The van der Waals surface area contributed by atoms with Crippen LogP contribution in [0.1, 0.15) is 28.7 Å². The molecule has 0 bridgehead atoms. The predicted octanol–water partition coefficient (Wildman–Crippen LogP) is 3.30. The van der Waals surface area contributed by atoms with Crippen LogP contribution in [0.5, 0.6) is 0 Å². The van der Waals surface area contributed by atoms with Crippen molar-refractivity contribution in [2.24, 2.45) is 0 Å². The lowest BCUT2D eigenvalue weighted by atomic mass is 10.2. The fourth-order valence-electron chi connectivity index (χ4n) is 1.58. The van der Waals surface area contributed by atoms with Gasteiger partial charge in [0.2, 0.25) is 5.13 Å². The Bertz CT molecular complexity index is 689. The van der Waals surface area contributed by atoms with E-state index >= 15 is 0 Å². The van der Waals surface area contributed by atoms with Crippen molar-refractivity contribution in [2.75, 3.05) is 5.32 Å². The van der Waals surface area contributed by atoms with E-state index in [4.69, 9.17) is 11.6 Å². The molecule has 0 saturated heterocycles. The number of nitrogens with zero attached hydrogens (tertiary/aromatic N) is 3. The van der Waals surface area contributed by atoms with E-state index in [9.17, 15) is 14.9 Å². The lowest BCUT2D eigenvalue weighted by Crippen LogP contribution is -2.11. The third kappa shape index (κ3) is 3.73. The van der Waals surface area contributed by atoms with Gasteiger partial charge in [0.15, 0.2) is 0 Å². The molecule has 2 aromatic rings. The fraction of sp³-hybridized carbons (Fsp3) is 0.250. The molecule has 1 aromatic heterocycles. The molecular weight excluding hydrogens is 316 g/mol. The quantitative estimate of drug-likeness (QED) is 0.671. The van der Waals surface area contributed by atoms with Crippen molar-refractivity contribution in [1.82, 2.24) is 10.2 Å². The zero-order valence-electron chi connectivity index (χ0n) is 11.0. The number of rotatable bonds is 5. The normalized spacial score (nSPS) is 10.4. The monoisotopic (exact) mass is 326 g/mol. The Morgan fingerprint density at radius 1 is 1.48 bits per heavy atom. The molecule has 0 fully saturated rings. The summed E-state index contributed by atoms with van der Waals surface area (Å²) in [5.74, 6) is -0.439. The lowest BCUT2D eigenvalue weighted by molar-refractivity contribution is -0.384. The number of aromatic nitrogens is 2. The van der Waals surface area contributed by atoms with Crippen LogP contribution in [-0.2, 0) is 6.42 Å². The van der Waals surface area contributed by atoms with E-state index in [2.05, 4.69) is 15.5 Å². The Hall–Kier alpha value is -2.06. The standard InChI is InChI=1S/C12H11ClN4O3S/c1-2-3-10-15-16-12(21-10)14-11(18)7-4-5-9(17(19)20)8(13)6-7/h4-6H,2-3H2,1H3,(H,14,16,18). The first-order chi connectivity index (χ1) is 10.0. The Balaban J connectivity index is 2.12. The van der Waals surface area contributed by atoms with Gasteiger partial charge in [-0.1, -0.05) is 29.9 Å². The van der Waals surface area contributed by atoms with Gasteiger partial charge in [0.25, 0.3) is 11.6 Å². The van der Waals surface area contributed by atoms with Gasteiger partial charge in [-0.05, 0) is 18.6 Å². The highest BCUT2D eigenvalue weighted by Gasteiger charge is 2.16. The van der Waals surface area contributed by atoms with Crippen LogP contribution in [0.2, 0.25) is 5.02 Å². The van der Waals surface area contributed by atoms with Gasteiger partial charge in [0, 0.05) is 18.1 Å². The van der Waals surface area contributed by atoms with Gasteiger partial charge in [0.05, 0.1) is 4.92 Å². The number of carbonyl (C=O) groups is 1. The molecule has 9 heteroatoms. The molecule has 1 heterocycles. The minimum atomic E-state index is -0.605. The summed E-state index contributed by atoms with van der Waals surface area (Å²) in [6.45, 7) is 2.03. The highest BCUT2D eigenvalue weighted by atomic mass is 35.5. The maximum Gasteiger partial charge on any atom is 0.287 e. The Labute approximate surface area is 129 Å². The number of halogens is 1. The maximum absolute atomic E-state index is 12.0. The molecular formula is C12H11ClN4O3S. The number of carbonyl (C=O) groups excluding carboxylic acids is 1. The molecule has 0 radical (unpaired) electrons. The van der Waals surface area contributed by atoms with Gasteiger partial charge in [-0.15, -0.1) is 10.2 Å². The minimum absolute atomic E-state index is 0.0865. The summed E-state index contributed by atoms with van der Waals surface area (Å²) in [6, 6.07) is 3.79. The summed E-state index contributed by atoms with van der Waals surface area (Å²) in [4.78, 5) is 22.1. The minimum Gasteiger partial charge on any atom is -0.296 e. The van der Waals surface area contributed by atoms with Crippen molar-refractivity contribution in [2.45, 2.75) is 19.8 Å². The van der Waals surface area contributed by atoms with E-state index in [1.807, 2.05) is 6.92 Å². The fourth-order valence-corrected chi connectivity index (χ4v) is 2.67. The Morgan fingerprint density at radius 2 is 2.24 bits per heavy atom. The molecule has 0 unspecified atom stereocenters. The zero-order valence-corrected chi connectivity index (χ0v) is 12.6. The number of nitro benzene ring substituents is 1. The van der Waals surface area contributed by atoms with Crippen LogP contribution in [0, 0.1) is 10.1 Å². The van der Waals surface area contributed by atoms with Crippen LogP contribution in [0.3, 0.4) is 0 Å². The molecule has 0 aliphatic rings. The van der Waals surface area contributed by atoms with Crippen LogP contribution >= 0.6 is 22.9 Å². The van der Waals surface area contributed by atoms with Gasteiger partial charge in [-0.25, -0.2) is 0 Å². The summed E-state index contributed by atoms with van der Waals surface area (Å²) in [5, 5.41) is 22.2. The second-order valence-corrected chi connectivity index (χ2v) is 5.60. The molecule has 0 spiro atoms. The first kappa shape index (κ1) is 15.3. The summed E-state index contributed by atoms with van der Waals surface area (Å²) in [6.07, 6.45) is 1.75. The average molecular weight is 327 g/mol. The molecule has 0 aliphatic heterocycles. The summed E-state index contributed by atoms with van der Waals surface area (Å²) >= 11 is 7.07. The zero-order chi connectivity index (χ0) is 15.4. The van der Waals surface area contributed by atoms with Crippen LogP contribution in [0.4, 0.5) is 10.8 Å². The number of nitro groups is 1. The summed E-state index contributed by atoms with van der Waals surface area (Å²) < 4.78 is 0. The third-order valence-electron chi connectivity index (χ3n) is 2.56. The van der Waals surface area contributed by atoms with Crippen molar-refractivity contribution in [3.8, 4) is 0 Å². The van der Waals surface area contributed by atoms with E-state index in [0.717, 1.165) is 17.8 Å². The molecule has 0 aliphatic carbocycles. The van der Waals surface area contributed by atoms with E-state index in [1.165, 1.54) is 29.5 Å². The Morgan fingerprint density at radius 3 is 2.86 bits per heavy atom. The number of benzene rings is 1. The first-order valence-corrected chi connectivity index (χ1v) is 7.28. The SMILES string of the molecule is CCCc1nnc(NC(=O)c2ccc([N+](=O)[O-])c(Cl)c2)s1. The predicted molar refractivity (Wildman–Crippen MR) is 80.0 cm³/mol. The summed E-state index contributed by atoms with van der Waals surface area (Å²) in [5.41, 5.74) is -0.0211. The molecule has 0 atom stereocenters. The first-order valence-electron chi connectivity index (χ1n) is 6.09. The van der Waals surface area contributed by atoms with E-state index in [1.54, 1.807) is 0 Å². The lowest BCUT2D eigenvalue weighted by Gasteiger charge is -2.02. The Kier molecular flexibility index (Phi) is 4.81. The van der Waals surface area contributed by atoms with Gasteiger partial charge in [-0.2, -0.15) is 0 Å². The smallest absolute Gasteiger partial charge is 0.287 e. The second-order valence-electron chi connectivity index (χ2n) is 4.13. The number of aryl methyl sites for hydroxylation is 1. The topological polar surface area (TPSA) is 98.0 Å². The number of anilines is 1. The molecule has 1 amide bonds. The van der Waals surface area contributed by atoms with E-state index in [-0.39, 0.29) is 16.3 Å². The van der Waals surface area contributed by atoms with Crippen LogP contribution in [-0.4, -0.2) is 21.0 Å². The molecule has 0 saturated carbocycles. The van der Waals surface area contributed by atoms with Crippen LogP contribution in [0.25, 0.3) is 0 Å². The number of nitrogens with one attached hydrogen (secondary N) is 1. The molecule has 2 rings (SSSR count). The number of hydrogen-bond acceptors (Lipinski definition) is 6. The number of hydrogen-bond donors (Lipinski definition) is 1. The van der Waals surface area contributed by atoms with Crippen molar-refractivity contribution in [1.29, 1.82) is 0 Å². The molecule has 110 valence electrons. The molecule has 1 aromatic carbocycles.